The van der Waals surface area contributed by atoms with Gasteiger partial charge in [-0.15, -0.1) is 0 Å². The van der Waals surface area contributed by atoms with Gasteiger partial charge in [-0.2, -0.15) is 0 Å². The molecule has 2 aromatic rings. The van der Waals surface area contributed by atoms with Crippen LogP contribution < -0.4 is 15.2 Å². The molecule has 17 heavy (non-hydrogen) atoms. The highest BCUT2D eigenvalue weighted by molar-refractivity contribution is 5.39. The zero-order chi connectivity index (χ0) is 12.1. The van der Waals surface area contributed by atoms with Gasteiger partial charge in [0.15, 0.2) is 11.5 Å². The monoisotopic (exact) mass is 232 g/mol. The number of benzene rings is 1. The van der Waals surface area contributed by atoms with Crippen LogP contribution in [0.5, 0.6) is 11.5 Å². The van der Waals surface area contributed by atoms with E-state index in [0.717, 1.165) is 22.8 Å². The summed E-state index contributed by atoms with van der Waals surface area (Å²) in [5, 5.41) is 0. The summed E-state index contributed by atoms with van der Waals surface area (Å²) in [6.45, 7) is 1.01. The second-order valence-electron chi connectivity index (χ2n) is 3.68. The van der Waals surface area contributed by atoms with Crippen molar-refractivity contribution in [3.63, 3.8) is 0 Å². The van der Waals surface area contributed by atoms with Gasteiger partial charge in [0, 0.05) is 24.0 Å². The van der Waals surface area contributed by atoms with Gasteiger partial charge in [0.1, 0.15) is 6.61 Å². The number of nitrogens with two attached hydrogens (primary N) is 1. The first-order chi connectivity index (χ1) is 8.33. The Morgan fingerprint density at radius 2 is 2.00 bits per heavy atom. The van der Waals surface area contributed by atoms with Crippen molar-refractivity contribution in [2.75, 3.05) is 7.11 Å². The van der Waals surface area contributed by atoms with Gasteiger partial charge < -0.3 is 20.2 Å². The van der Waals surface area contributed by atoms with E-state index in [4.69, 9.17) is 15.2 Å². The molecule has 0 aliphatic rings. The standard InChI is InChI=1S/C13H16N2O2/c1-16-12-4-2-3-5-13(12)17-9-10-6-11(7-14)15-8-10/h2-6,8,15H,7,9,14H2,1H3. The van der Waals surface area contributed by atoms with E-state index in [1.807, 2.05) is 36.5 Å². The highest BCUT2D eigenvalue weighted by atomic mass is 16.5. The first kappa shape index (κ1) is 11.5. The Labute approximate surface area is 100 Å². The van der Waals surface area contributed by atoms with Crippen LogP contribution in [0.2, 0.25) is 0 Å². The molecule has 4 nitrogen and oxygen atoms in total. The van der Waals surface area contributed by atoms with Crippen LogP contribution in [0.25, 0.3) is 0 Å². The van der Waals surface area contributed by atoms with E-state index in [2.05, 4.69) is 4.98 Å². The molecule has 0 amide bonds. The average Bonchev–Trinajstić information content (AvgIpc) is 2.84. The number of hydrogen-bond donors (Lipinski definition) is 2. The minimum Gasteiger partial charge on any atom is -0.493 e. The Bertz CT molecular complexity index is 480. The number of methoxy groups -OCH3 is 1. The minimum atomic E-state index is 0.497. The third kappa shape index (κ3) is 2.79. The van der Waals surface area contributed by atoms with E-state index in [-0.39, 0.29) is 0 Å². The van der Waals surface area contributed by atoms with E-state index >= 15 is 0 Å². The lowest BCUT2D eigenvalue weighted by atomic mass is 10.3. The fourth-order valence-corrected chi connectivity index (χ4v) is 1.59. The molecule has 1 aromatic carbocycles. The number of H-pyrrole nitrogens is 1. The lowest BCUT2D eigenvalue weighted by Crippen LogP contribution is -1.97. The Balaban J connectivity index is 2.01. The lowest BCUT2D eigenvalue weighted by molar-refractivity contribution is 0.284. The third-order valence-electron chi connectivity index (χ3n) is 2.49. The Morgan fingerprint density at radius 1 is 1.24 bits per heavy atom. The zero-order valence-electron chi connectivity index (χ0n) is 9.77. The quantitative estimate of drug-likeness (QED) is 0.829. The van der Waals surface area contributed by atoms with Crippen molar-refractivity contribution >= 4 is 0 Å². The summed E-state index contributed by atoms with van der Waals surface area (Å²) in [6.07, 6.45) is 1.90. The van der Waals surface area contributed by atoms with Crippen molar-refractivity contribution in [2.24, 2.45) is 5.73 Å². The highest BCUT2D eigenvalue weighted by Crippen LogP contribution is 2.26. The van der Waals surface area contributed by atoms with Gasteiger partial charge in [0.25, 0.3) is 0 Å². The Kier molecular flexibility index (Phi) is 3.67. The summed E-state index contributed by atoms with van der Waals surface area (Å²) < 4.78 is 10.9. The molecule has 0 bridgehead atoms. The molecule has 0 fully saturated rings. The topological polar surface area (TPSA) is 60.3 Å². The van der Waals surface area contributed by atoms with Crippen molar-refractivity contribution in [1.29, 1.82) is 0 Å². The lowest BCUT2D eigenvalue weighted by Gasteiger charge is -2.09. The molecule has 3 N–H and O–H groups in total. The minimum absolute atomic E-state index is 0.497. The molecule has 1 heterocycles. The maximum atomic E-state index is 5.69. The molecule has 1 aromatic heterocycles. The predicted octanol–water partition coefficient (Wildman–Crippen LogP) is 2.06. The molecule has 4 heteroatoms. The predicted molar refractivity (Wildman–Crippen MR) is 66.0 cm³/mol. The second kappa shape index (κ2) is 5.41. The summed E-state index contributed by atoms with van der Waals surface area (Å²) in [4.78, 5) is 3.08. The first-order valence-corrected chi connectivity index (χ1v) is 5.45. The van der Waals surface area contributed by atoms with Crippen molar-refractivity contribution < 1.29 is 9.47 Å². The average molecular weight is 232 g/mol. The number of aromatic amines is 1. The molecule has 0 saturated carbocycles. The van der Waals surface area contributed by atoms with Gasteiger partial charge in [-0.05, 0) is 18.2 Å². The summed E-state index contributed by atoms with van der Waals surface area (Å²) in [7, 11) is 1.63. The van der Waals surface area contributed by atoms with Gasteiger partial charge in [-0.1, -0.05) is 12.1 Å². The zero-order valence-corrected chi connectivity index (χ0v) is 9.77. The molecule has 90 valence electrons. The van der Waals surface area contributed by atoms with E-state index < -0.39 is 0 Å². The Morgan fingerprint density at radius 3 is 2.65 bits per heavy atom. The van der Waals surface area contributed by atoms with Crippen LogP contribution in [-0.2, 0) is 13.2 Å². The largest absolute Gasteiger partial charge is 0.493 e. The van der Waals surface area contributed by atoms with Crippen molar-refractivity contribution in [3.05, 3.63) is 47.8 Å². The number of para-hydroxylation sites is 2. The van der Waals surface area contributed by atoms with E-state index in [1.165, 1.54) is 0 Å². The van der Waals surface area contributed by atoms with Crippen molar-refractivity contribution in [3.8, 4) is 11.5 Å². The molecular weight excluding hydrogens is 216 g/mol. The SMILES string of the molecule is COc1ccccc1OCc1c[nH]c(CN)c1. The van der Waals surface area contributed by atoms with E-state index in [9.17, 15) is 0 Å². The van der Waals surface area contributed by atoms with Crippen LogP contribution >= 0.6 is 0 Å². The second-order valence-corrected chi connectivity index (χ2v) is 3.68. The molecule has 0 radical (unpaired) electrons. The van der Waals surface area contributed by atoms with Gasteiger partial charge in [0.2, 0.25) is 0 Å². The molecule has 0 aliphatic heterocycles. The number of ether oxygens (including phenoxy) is 2. The van der Waals surface area contributed by atoms with Gasteiger partial charge >= 0.3 is 0 Å². The highest BCUT2D eigenvalue weighted by Gasteiger charge is 2.03. The van der Waals surface area contributed by atoms with Crippen LogP contribution in [-0.4, -0.2) is 12.1 Å². The molecule has 2 rings (SSSR count). The molecule has 0 aliphatic carbocycles. The van der Waals surface area contributed by atoms with E-state index in [1.54, 1.807) is 7.11 Å². The number of hydrogen-bond acceptors (Lipinski definition) is 3. The normalized spacial score (nSPS) is 10.2. The fraction of sp³-hybridized carbons (Fsp3) is 0.231. The van der Waals surface area contributed by atoms with Gasteiger partial charge in [0.05, 0.1) is 7.11 Å². The fourth-order valence-electron chi connectivity index (χ4n) is 1.59. The summed E-state index contributed by atoms with van der Waals surface area (Å²) in [5.41, 5.74) is 7.59. The number of rotatable bonds is 5. The van der Waals surface area contributed by atoms with Crippen LogP contribution in [0.1, 0.15) is 11.3 Å². The van der Waals surface area contributed by atoms with E-state index in [0.29, 0.717) is 13.2 Å². The Hall–Kier alpha value is -1.94. The van der Waals surface area contributed by atoms with Crippen molar-refractivity contribution in [1.82, 2.24) is 4.98 Å². The van der Waals surface area contributed by atoms with Crippen LogP contribution in [0.15, 0.2) is 36.5 Å². The van der Waals surface area contributed by atoms with Gasteiger partial charge in [-0.3, -0.25) is 0 Å². The van der Waals surface area contributed by atoms with Crippen LogP contribution in [0, 0.1) is 0 Å². The molecule has 0 unspecified atom stereocenters. The molecule has 0 spiro atoms. The van der Waals surface area contributed by atoms with Crippen molar-refractivity contribution in [2.45, 2.75) is 13.2 Å². The van der Waals surface area contributed by atoms with Crippen LogP contribution in [0.3, 0.4) is 0 Å². The molecular formula is C13H16N2O2. The first-order valence-electron chi connectivity index (χ1n) is 5.45. The summed E-state index contributed by atoms with van der Waals surface area (Å²) in [5.74, 6) is 1.48. The number of nitrogens with one attached hydrogen (secondary N) is 1. The molecule has 0 atom stereocenters. The van der Waals surface area contributed by atoms with Gasteiger partial charge in [-0.25, -0.2) is 0 Å². The summed E-state index contributed by atoms with van der Waals surface area (Å²) in [6, 6.07) is 9.58. The van der Waals surface area contributed by atoms with Crippen LogP contribution in [0.4, 0.5) is 0 Å². The molecule has 0 saturated heterocycles. The maximum Gasteiger partial charge on any atom is 0.161 e. The third-order valence-corrected chi connectivity index (χ3v) is 2.49. The number of aromatic nitrogens is 1. The summed E-state index contributed by atoms with van der Waals surface area (Å²) >= 11 is 0. The smallest absolute Gasteiger partial charge is 0.161 e. The maximum absolute atomic E-state index is 5.69.